The van der Waals surface area contributed by atoms with E-state index in [1.54, 1.807) is 0 Å². The zero-order valence-electron chi connectivity index (χ0n) is 13.3. The Morgan fingerprint density at radius 1 is 1.35 bits per heavy atom. The molecule has 0 bridgehead atoms. The average Bonchev–Trinajstić information content (AvgIpc) is 3.04. The van der Waals surface area contributed by atoms with Crippen LogP contribution in [0.3, 0.4) is 0 Å². The van der Waals surface area contributed by atoms with Crippen molar-refractivity contribution < 1.29 is 4.74 Å². The number of hydrogen-bond acceptors (Lipinski definition) is 4. The zero-order valence-corrected chi connectivity index (χ0v) is 14.1. The van der Waals surface area contributed by atoms with Crippen molar-refractivity contribution in [2.45, 2.75) is 71.4 Å². The van der Waals surface area contributed by atoms with Crippen LogP contribution >= 0.6 is 11.3 Å². The SMILES string of the molecule is CCCNC(C)c1sc(C2(OCC)CCCC2)nc1C. The van der Waals surface area contributed by atoms with Crippen molar-refractivity contribution in [3.8, 4) is 0 Å². The standard InChI is InChI=1S/C16H28N2OS/c1-5-11-17-12(3)14-13(4)18-15(20-14)16(19-6-2)9-7-8-10-16/h12,17H,5-11H2,1-4H3. The van der Waals surface area contributed by atoms with E-state index in [-0.39, 0.29) is 5.60 Å². The van der Waals surface area contributed by atoms with Crippen LogP contribution in [0.2, 0.25) is 0 Å². The Bertz CT molecular complexity index is 424. The number of aromatic nitrogens is 1. The second-order valence-corrected chi connectivity index (χ2v) is 6.81. The van der Waals surface area contributed by atoms with Crippen LogP contribution in [0.25, 0.3) is 0 Å². The van der Waals surface area contributed by atoms with E-state index >= 15 is 0 Å². The highest BCUT2D eigenvalue weighted by molar-refractivity contribution is 7.12. The molecule has 20 heavy (non-hydrogen) atoms. The van der Waals surface area contributed by atoms with Crippen LogP contribution in [-0.4, -0.2) is 18.1 Å². The van der Waals surface area contributed by atoms with E-state index in [0.717, 1.165) is 32.4 Å². The molecule has 0 amide bonds. The monoisotopic (exact) mass is 296 g/mol. The third-order valence-electron chi connectivity index (χ3n) is 4.15. The molecule has 1 N–H and O–H groups in total. The summed E-state index contributed by atoms with van der Waals surface area (Å²) in [5, 5.41) is 4.77. The third-order valence-corrected chi connectivity index (χ3v) is 5.67. The molecule has 2 rings (SSSR count). The van der Waals surface area contributed by atoms with Gasteiger partial charge in [0.15, 0.2) is 0 Å². The maximum absolute atomic E-state index is 6.13. The number of nitrogens with one attached hydrogen (secondary N) is 1. The van der Waals surface area contributed by atoms with Gasteiger partial charge >= 0.3 is 0 Å². The van der Waals surface area contributed by atoms with Gasteiger partial charge in [0, 0.05) is 17.5 Å². The summed E-state index contributed by atoms with van der Waals surface area (Å²) in [6.07, 6.45) is 5.95. The molecular formula is C16H28N2OS. The Morgan fingerprint density at radius 2 is 2.05 bits per heavy atom. The number of rotatable bonds is 7. The quantitative estimate of drug-likeness (QED) is 0.813. The van der Waals surface area contributed by atoms with E-state index in [1.165, 1.54) is 28.4 Å². The first-order valence-electron chi connectivity index (χ1n) is 7.98. The molecule has 1 atom stereocenters. The van der Waals surface area contributed by atoms with Crippen molar-refractivity contribution in [3.63, 3.8) is 0 Å². The molecule has 1 unspecified atom stereocenters. The number of nitrogens with zero attached hydrogens (tertiary/aromatic N) is 1. The summed E-state index contributed by atoms with van der Waals surface area (Å²) in [5.41, 5.74) is 1.08. The van der Waals surface area contributed by atoms with E-state index in [4.69, 9.17) is 9.72 Å². The number of aryl methyl sites for hydroxylation is 1. The smallest absolute Gasteiger partial charge is 0.125 e. The summed E-state index contributed by atoms with van der Waals surface area (Å²) in [5.74, 6) is 0. The van der Waals surface area contributed by atoms with Crippen molar-refractivity contribution in [1.29, 1.82) is 0 Å². The molecule has 4 heteroatoms. The van der Waals surface area contributed by atoms with Crippen LogP contribution in [0.5, 0.6) is 0 Å². The second kappa shape index (κ2) is 7.01. The molecular weight excluding hydrogens is 268 g/mol. The predicted octanol–water partition coefficient (Wildman–Crippen LogP) is 4.32. The fourth-order valence-electron chi connectivity index (χ4n) is 3.10. The van der Waals surface area contributed by atoms with Crippen molar-refractivity contribution >= 4 is 11.3 Å². The van der Waals surface area contributed by atoms with E-state index in [9.17, 15) is 0 Å². The van der Waals surface area contributed by atoms with E-state index in [1.807, 2.05) is 11.3 Å². The predicted molar refractivity (Wildman–Crippen MR) is 85.3 cm³/mol. The Balaban J connectivity index is 2.20. The van der Waals surface area contributed by atoms with Gasteiger partial charge in [0.2, 0.25) is 0 Å². The molecule has 0 saturated heterocycles. The highest BCUT2D eigenvalue weighted by atomic mass is 32.1. The third kappa shape index (κ3) is 3.23. The normalized spacial score (nSPS) is 19.4. The Kier molecular flexibility index (Phi) is 5.58. The number of ether oxygens (including phenoxy) is 1. The molecule has 1 saturated carbocycles. The molecule has 1 aliphatic carbocycles. The molecule has 114 valence electrons. The van der Waals surface area contributed by atoms with E-state index in [2.05, 4.69) is 33.0 Å². The van der Waals surface area contributed by atoms with Crippen molar-refractivity contribution in [2.24, 2.45) is 0 Å². The van der Waals surface area contributed by atoms with Crippen LogP contribution in [0.1, 0.15) is 74.5 Å². The van der Waals surface area contributed by atoms with Crippen molar-refractivity contribution in [2.75, 3.05) is 13.2 Å². The maximum atomic E-state index is 6.13. The lowest BCUT2D eigenvalue weighted by atomic mass is 10.0. The summed E-state index contributed by atoms with van der Waals surface area (Å²) in [4.78, 5) is 6.24. The van der Waals surface area contributed by atoms with Gasteiger partial charge in [0.05, 0.1) is 5.69 Å². The Labute approximate surface area is 127 Å². The van der Waals surface area contributed by atoms with Crippen LogP contribution in [0, 0.1) is 6.92 Å². The molecule has 0 spiro atoms. The Hall–Kier alpha value is -0.450. The summed E-state index contributed by atoms with van der Waals surface area (Å²) >= 11 is 1.86. The first kappa shape index (κ1) is 15.9. The topological polar surface area (TPSA) is 34.1 Å². The van der Waals surface area contributed by atoms with Gasteiger partial charge in [-0.2, -0.15) is 0 Å². The van der Waals surface area contributed by atoms with Gasteiger partial charge in [0.1, 0.15) is 10.6 Å². The lowest BCUT2D eigenvalue weighted by Gasteiger charge is -2.26. The minimum absolute atomic E-state index is 0.0904. The number of hydrogen-bond donors (Lipinski definition) is 1. The Morgan fingerprint density at radius 3 is 2.65 bits per heavy atom. The molecule has 1 aliphatic rings. The lowest BCUT2D eigenvalue weighted by molar-refractivity contribution is -0.0391. The summed E-state index contributed by atoms with van der Waals surface area (Å²) < 4.78 is 6.13. The minimum atomic E-state index is -0.0904. The van der Waals surface area contributed by atoms with Crippen LogP contribution in [0.15, 0.2) is 0 Å². The summed E-state index contributed by atoms with van der Waals surface area (Å²) in [6, 6.07) is 0.390. The zero-order chi connectivity index (χ0) is 14.6. The van der Waals surface area contributed by atoms with Crippen molar-refractivity contribution in [3.05, 3.63) is 15.6 Å². The fourth-order valence-corrected chi connectivity index (χ4v) is 4.39. The summed E-state index contributed by atoms with van der Waals surface area (Å²) in [7, 11) is 0. The molecule has 0 radical (unpaired) electrons. The first-order valence-corrected chi connectivity index (χ1v) is 8.79. The molecule has 0 aliphatic heterocycles. The largest absolute Gasteiger partial charge is 0.368 e. The average molecular weight is 296 g/mol. The van der Waals surface area contributed by atoms with Crippen LogP contribution in [0.4, 0.5) is 0 Å². The van der Waals surface area contributed by atoms with Crippen molar-refractivity contribution in [1.82, 2.24) is 10.3 Å². The minimum Gasteiger partial charge on any atom is -0.368 e. The maximum Gasteiger partial charge on any atom is 0.125 e. The fraction of sp³-hybridized carbons (Fsp3) is 0.812. The molecule has 1 aromatic rings. The van der Waals surface area contributed by atoms with Gasteiger partial charge in [-0.25, -0.2) is 4.98 Å². The van der Waals surface area contributed by atoms with Gasteiger partial charge in [-0.1, -0.05) is 19.8 Å². The van der Waals surface area contributed by atoms with Crippen LogP contribution in [-0.2, 0) is 10.3 Å². The molecule has 3 nitrogen and oxygen atoms in total. The van der Waals surface area contributed by atoms with Gasteiger partial charge in [-0.05, 0) is 46.6 Å². The van der Waals surface area contributed by atoms with E-state index in [0.29, 0.717) is 6.04 Å². The van der Waals surface area contributed by atoms with Crippen LogP contribution < -0.4 is 5.32 Å². The lowest BCUT2D eigenvalue weighted by Crippen LogP contribution is -2.25. The van der Waals surface area contributed by atoms with Gasteiger partial charge in [-0.15, -0.1) is 11.3 Å². The second-order valence-electron chi connectivity index (χ2n) is 5.78. The highest BCUT2D eigenvalue weighted by Crippen LogP contribution is 2.45. The summed E-state index contributed by atoms with van der Waals surface area (Å²) in [6.45, 7) is 10.5. The number of thiazole rings is 1. The highest BCUT2D eigenvalue weighted by Gasteiger charge is 2.39. The first-order chi connectivity index (χ1) is 9.63. The molecule has 0 aromatic carbocycles. The van der Waals surface area contributed by atoms with Gasteiger partial charge in [0.25, 0.3) is 0 Å². The molecule has 1 aromatic heterocycles. The molecule has 1 heterocycles. The van der Waals surface area contributed by atoms with E-state index < -0.39 is 0 Å². The van der Waals surface area contributed by atoms with Gasteiger partial charge < -0.3 is 10.1 Å². The van der Waals surface area contributed by atoms with Gasteiger partial charge in [-0.3, -0.25) is 0 Å². The molecule has 1 fully saturated rings.